The maximum absolute atomic E-state index is 12.3. The smallest absolute Gasteiger partial charge is 0.270 e. The van der Waals surface area contributed by atoms with E-state index in [1.54, 1.807) is 6.20 Å². The highest BCUT2D eigenvalue weighted by molar-refractivity contribution is 6.05. The van der Waals surface area contributed by atoms with Crippen molar-refractivity contribution in [1.82, 2.24) is 15.6 Å². The summed E-state index contributed by atoms with van der Waals surface area (Å²) in [6, 6.07) is 10.9. The Kier molecular flexibility index (Phi) is 2.70. The van der Waals surface area contributed by atoms with Gasteiger partial charge >= 0.3 is 0 Å². The Balaban J connectivity index is 1.49. The van der Waals surface area contributed by atoms with Crippen LogP contribution in [0.5, 0.6) is 0 Å². The van der Waals surface area contributed by atoms with E-state index in [-0.39, 0.29) is 5.91 Å². The van der Waals surface area contributed by atoms with Gasteiger partial charge in [-0.05, 0) is 30.2 Å². The first-order valence-electron chi connectivity index (χ1n) is 7.19. The van der Waals surface area contributed by atoms with Crippen molar-refractivity contribution in [3.8, 4) is 0 Å². The molecule has 1 saturated heterocycles. The number of hydrogen-bond acceptors (Lipinski definition) is 3. The second-order valence-corrected chi connectivity index (χ2v) is 5.79. The largest absolute Gasteiger partial charge is 0.349 e. The number of carbonyl (C=O) groups excluding carboxylic acids is 1. The molecule has 102 valence electrons. The summed E-state index contributed by atoms with van der Waals surface area (Å²) in [4.78, 5) is 16.6. The van der Waals surface area contributed by atoms with Gasteiger partial charge in [0.25, 0.3) is 5.91 Å². The summed E-state index contributed by atoms with van der Waals surface area (Å²) < 4.78 is 0. The maximum atomic E-state index is 12.3. The number of amides is 1. The Morgan fingerprint density at radius 2 is 2.20 bits per heavy atom. The fourth-order valence-electron chi connectivity index (χ4n) is 3.19. The Morgan fingerprint density at radius 3 is 3.05 bits per heavy atom. The fraction of sp³-hybridized carbons (Fsp3) is 0.375. The van der Waals surface area contributed by atoms with Crippen LogP contribution in [-0.4, -0.2) is 29.5 Å². The topological polar surface area (TPSA) is 54.0 Å². The van der Waals surface area contributed by atoms with E-state index in [4.69, 9.17) is 0 Å². The lowest BCUT2D eigenvalue weighted by Gasteiger charge is -2.14. The molecule has 1 aromatic heterocycles. The SMILES string of the molecule is O=C(NC[C@@H]1C[C@@H]2C[C@@H]2N1)c1nccc2ccccc12. The number of aromatic nitrogens is 1. The lowest BCUT2D eigenvalue weighted by atomic mass is 10.1. The molecule has 2 aromatic rings. The number of fused-ring (bicyclic) bond motifs is 2. The standard InChI is InChI=1S/C16H17N3O/c20-16(18-9-12-7-11-8-14(11)19-12)15-13-4-2-1-3-10(13)5-6-17-15/h1-6,11-12,14,19H,7-9H2,(H,18,20)/t11-,12+,14+/m1/s1. The molecule has 1 saturated carbocycles. The molecule has 0 radical (unpaired) electrons. The Labute approximate surface area is 117 Å². The van der Waals surface area contributed by atoms with Crippen LogP contribution in [0.3, 0.4) is 0 Å². The predicted octanol–water partition coefficient (Wildman–Crippen LogP) is 1.71. The minimum atomic E-state index is -0.0795. The lowest BCUT2D eigenvalue weighted by Crippen LogP contribution is -2.39. The summed E-state index contributed by atoms with van der Waals surface area (Å²) in [7, 11) is 0. The van der Waals surface area contributed by atoms with E-state index in [0.717, 1.165) is 16.7 Å². The van der Waals surface area contributed by atoms with Crippen LogP contribution in [0.1, 0.15) is 23.3 Å². The Hall–Kier alpha value is -1.94. The normalized spacial score (nSPS) is 27.3. The summed E-state index contributed by atoms with van der Waals surface area (Å²) in [5, 5.41) is 8.51. The van der Waals surface area contributed by atoms with Crippen LogP contribution in [0.2, 0.25) is 0 Å². The molecule has 2 aliphatic rings. The van der Waals surface area contributed by atoms with Gasteiger partial charge in [0.2, 0.25) is 0 Å². The third-order valence-electron chi connectivity index (χ3n) is 4.36. The first-order valence-corrected chi connectivity index (χ1v) is 7.19. The van der Waals surface area contributed by atoms with Gasteiger partial charge in [0.1, 0.15) is 5.69 Å². The number of benzene rings is 1. The zero-order valence-electron chi connectivity index (χ0n) is 11.2. The minimum absolute atomic E-state index is 0.0795. The van der Waals surface area contributed by atoms with Crippen LogP contribution in [0.25, 0.3) is 10.8 Å². The summed E-state index contributed by atoms with van der Waals surface area (Å²) in [5.74, 6) is 0.775. The van der Waals surface area contributed by atoms with Crippen LogP contribution in [0.4, 0.5) is 0 Å². The quantitative estimate of drug-likeness (QED) is 0.890. The van der Waals surface area contributed by atoms with E-state index in [2.05, 4.69) is 15.6 Å². The molecule has 1 aromatic carbocycles. The molecule has 1 aliphatic carbocycles. The van der Waals surface area contributed by atoms with E-state index >= 15 is 0 Å². The van der Waals surface area contributed by atoms with Crippen LogP contribution >= 0.6 is 0 Å². The molecule has 0 bridgehead atoms. The average molecular weight is 267 g/mol. The van der Waals surface area contributed by atoms with Crippen LogP contribution < -0.4 is 10.6 Å². The minimum Gasteiger partial charge on any atom is -0.349 e. The highest BCUT2D eigenvalue weighted by Crippen LogP contribution is 2.40. The van der Waals surface area contributed by atoms with Crippen molar-refractivity contribution in [1.29, 1.82) is 0 Å². The van der Waals surface area contributed by atoms with Crippen molar-refractivity contribution in [3.05, 3.63) is 42.2 Å². The predicted molar refractivity (Wildman–Crippen MR) is 77.5 cm³/mol. The Bertz CT molecular complexity index is 654. The molecule has 2 fully saturated rings. The van der Waals surface area contributed by atoms with Gasteiger partial charge in [-0.15, -0.1) is 0 Å². The average Bonchev–Trinajstić information content (AvgIpc) is 3.11. The number of nitrogens with one attached hydrogen (secondary N) is 2. The molecule has 2 N–H and O–H groups in total. The molecule has 0 spiro atoms. The zero-order chi connectivity index (χ0) is 13.5. The second kappa shape index (κ2) is 4.56. The van der Waals surface area contributed by atoms with Crippen LogP contribution in [0, 0.1) is 5.92 Å². The molecule has 4 heteroatoms. The van der Waals surface area contributed by atoms with E-state index < -0.39 is 0 Å². The van der Waals surface area contributed by atoms with Gasteiger partial charge in [-0.25, -0.2) is 0 Å². The third-order valence-corrected chi connectivity index (χ3v) is 4.36. The van der Waals surface area contributed by atoms with Gasteiger partial charge in [-0.2, -0.15) is 0 Å². The molecule has 0 unspecified atom stereocenters. The van der Waals surface area contributed by atoms with E-state index in [9.17, 15) is 4.79 Å². The molecular formula is C16H17N3O. The molecule has 2 heterocycles. The van der Waals surface area contributed by atoms with Crippen molar-refractivity contribution in [3.63, 3.8) is 0 Å². The highest BCUT2D eigenvalue weighted by atomic mass is 16.1. The van der Waals surface area contributed by atoms with Crippen molar-refractivity contribution in [2.45, 2.75) is 24.9 Å². The number of nitrogens with zero attached hydrogens (tertiary/aromatic N) is 1. The first kappa shape index (κ1) is 11.9. The maximum Gasteiger partial charge on any atom is 0.270 e. The van der Waals surface area contributed by atoms with Crippen molar-refractivity contribution in [2.75, 3.05) is 6.54 Å². The second-order valence-electron chi connectivity index (χ2n) is 5.79. The van der Waals surface area contributed by atoms with Crippen molar-refractivity contribution < 1.29 is 4.79 Å². The number of hydrogen-bond donors (Lipinski definition) is 2. The van der Waals surface area contributed by atoms with E-state index in [0.29, 0.717) is 24.3 Å². The van der Waals surface area contributed by atoms with Gasteiger partial charge in [-0.3, -0.25) is 9.78 Å². The van der Waals surface area contributed by atoms with Crippen LogP contribution in [-0.2, 0) is 0 Å². The van der Waals surface area contributed by atoms with Gasteiger partial charge in [-0.1, -0.05) is 24.3 Å². The van der Waals surface area contributed by atoms with Gasteiger partial charge in [0, 0.05) is 30.2 Å². The number of rotatable bonds is 3. The van der Waals surface area contributed by atoms with Gasteiger partial charge < -0.3 is 10.6 Å². The number of piperidine rings is 1. The zero-order valence-corrected chi connectivity index (χ0v) is 11.2. The van der Waals surface area contributed by atoms with Gasteiger partial charge in [0.15, 0.2) is 0 Å². The van der Waals surface area contributed by atoms with Crippen molar-refractivity contribution in [2.24, 2.45) is 5.92 Å². The number of pyridine rings is 1. The highest BCUT2D eigenvalue weighted by Gasteiger charge is 2.45. The summed E-state index contributed by atoms with van der Waals surface area (Å²) in [5.41, 5.74) is 0.520. The monoisotopic (exact) mass is 267 g/mol. The lowest BCUT2D eigenvalue weighted by molar-refractivity contribution is 0.0946. The van der Waals surface area contributed by atoms with E-state index in [1.165, 1.54) is 12.8 Å². The number of carbonyl (C=O) groups is 1. The van der Waals surface area contributed by atoms with Crippen molar-refractivity contribution >= 4 is 16.7 Å². The molecule has 1 aliphatic heterocycles. The first-order chi connectivity index (χ1) is 9.81. The third kappa shape index (κ3) is 2.06. The molecule has 4 nitrogen and oxygen atoms in total. The molecule has 1 amide bonds. The summed E-state index contributed by atoms with van der Waals surface area (Å²) >= 11 is 0. The van der Waals surface area contributed by atoms with Crippen LogP contribution in [0.15, 0.2) is 36.5 Å². The summed E-state index contributed by atoms with van der Waals surface area (Å²) in [6.45, 7) is 0.691. The molecular weight excluding hydrogens is 250 g/mol. The molecule has 20 heavy (non-hydrogen) atoms. The Morgan fingerprint density at radius 1 is 1.30 bits per heavy atom. The summed E-state index contributed by atoms with van der Waals surface area (Å²) in [6.07, 6.45) is 4.20. The molecule has 4 rings (SSSR count). The van der Waals surface area contributed by atoms with Gasteiger partial charge in [0.05, 0.1) is 0 Å². The fourth-order valence-corrected chi connectivity index (χ4v) is 3.19. The molecule has 3 atom stereocenters. The van der Waals surface area contributed by atoms with E-state index in [1.807, 2.05) is 30.3 Å².